The molecule has 0 aliphatic carbocycles. The van der Waals surface area contributed by atoms with Crippen molar-refractivity contribution < 1.29 is 4.79 Å². The van der Waals surface area contributed by atoms with Gasteiger partial charge in [0.2, 0.25) is 5.91 Å². The highest BCUT2D eigenvalue weighted by Gasteiger charge is 2.39. The lowest BCUT2D eigenvalue weighted by Gasteiger charge is -2.43. The van der Waals surface area contributed by atoms with Crippen molar-refractivity contribution in [2.45, 2.75) is 12.6 Å². The second kappa shape index (κ2) is 6.71. The van der Waals surface area contributed by atoms with E-state index in [0.29, 0.717) is 10.0 Å². The number of carbonyl (C=O) groups is 1. The predicted octanol–water partition coefficient (Wildman–Crippen LogP) is 4.68. The summed E-state index contributed by atoms with van der Waals surface area (Å²) in [6, 6.07) is 14.8. The van der Waals surface area contributed by atoms with Gasteiger partial charge < -0.3 is 10.2 Å². The van der Waals surface area contributed by atoms with Gasteiger partial charge in [-0.15, -0.1) is 0 Å². The number of hydrogen-bond donors (Lipinski definition) is 1. The molecule has 0 aromatic heterocycles. The van der Waals surface area contributed by atoms with Gasteiger partial charge in [0.05, 0.1) is 0 Å². The summed E-state index contributed by atoms with van der Waals surface area (Å²) in [6.45, 7) is 1.48. The van der Waals surface area contributed by atoms with Crippen LogP contribution in [0.1, 0.15) is 12.5 Å². The van der Waals surface area contributed by atoms with Crippen molar-refractivity contribution in [3.63, 3.8) is 0 Å². The van der Waals surface area contributed by atoms with Crippen LogP contribution >= 0.6 is 23.2 Å². The number of anilines is 1. The number of nitrogens with one attached hydrogen (secondary N) is 1. The van der Waals surface area contributed by atoms with Crippen molar-refractivity contribution in [2.75, 3.05) is 4.90 Å². The van der Waals surface area contributed by atoms with E-state index >= 15 is 0 Å². The Labute approximate surface area is 151 Å². The van der Waals surface area contributed by atoms with Gasteiger partial charge in [0.15, 0.2) is 5.66 Å². The van der Waals surface area contributed by atoms with E-state index in [9.17, 15) is 4.79 Å². The molecule has 1 aliphatic heterocycles. The standard InChI is InChI=1S/C19H15Cl2N2O/c1-14(24)22-19(17-6-2-3-7-18(17)21)12-4-5-13-23(19)16-10-8-15(20)9-11-16/h2-3,5-13H,1H3,(H,22,24). The Kier molecular flexibility index (Phi) is 4.65. The van der Waals surface area contributed by atoms with Gasteiger partial charge in [-0.25, -0.2) is 0 Å². The molecule has 0 bridgehead atoms. The fourth-order valence-corrected chi connectivity index (χ4v) is 3.18. The lowest BCUT2D eigenvalue weighted by Crippen LogP contribution is -2.55. The molecule has 1 N–H and O–H groups in total. The summed E-state index contributed by atoms with van der Waals surface area (Å²) in [5, 5.41) is 4.21. The molecule has 1 amide bonds. The first-order valence-electron chi connectivity index (χ1n) is 7.39. The van der Waals surface area contributed by atoms with Gasteiger partial charge >= 0.3 is 0 Å². The number of nitrogens with zero attached hydrogens (tertiary/aromatic N) is 1. The topological polar surface area (TPSA) is 32.3 Å². The highest BCUT2D eigenvalue weighted by molar-refractivity contribution is 6.31. The van der Waals surface area contributed by atoms with Crippen LogP contribution in [0.3, 0.4) is 0 Å². The first-order valence-corrected chi connectivity index (χ1v) is 8.14. The van der Waals surface area contributed by atoms with Crippen molar-refractivity contribution in [3.05, 3.63) is 88.6 Å². The number of benzene rings is 2. The van der Waals surface area contributed by atoms with E-state index in [1.807, 2.05) is 41.4 Å². The fourth-order valence-electron chi connectivity index (χ4n) is 2.77. The number of amides is 1. The van der Waals surface area contributed by atoms with Crippen molar-refractivity contribution in [3.8, 4) is 0 Å². The van der Waals surface area contributed by atoms with E-state index in [0.717, 1.165) is 11.3 Å². The Morgan fingerprint density at radius 2 is 1.83 bits per heavy atom. The van der Waals surface area contributed by atoms with Crippen LogP contribution in [0, 0.1) is 6.08 Å². The molecule has 121 valence electrons. The van der Waals surface area contributed by atoms with Crippen molar-refractivity contribution in [2.24, 2.45) is 0 Å². The largest absolute Gasteiger partial charge is 0.326 e. The van der Waals surface area contributed by atoms with Crippen LogP contribution in [-0.4, -0.2) is 5.91 Å². The Morgan fingerprint density at radius 1 is 1.12 bits per heavy atom. The molecular formula is C19H15Cl2N2O. The highest BCUT2D eigenvalue weighted by atomic mass is 35.5. The molecule has 3 rings (SSSR count). The minimum atomic E-state index is -0.966. The van der Waals surface area contributed by atoms with Gasteiger partial charge in [0.1, 0.15) is 0 Å². The number of carbonyl (C=O) groups excluding carboxylic acids is 1. The number of hydrogen-bond acceptors (Lipinski definition) is 2. The number of halogens is 2. The Balaban J connectivity index is 2.19. The Bertz CT molecular complexity index is 814. The van der Waals surface area contributed by atoms with Crippen LogP contribution in [0.4, 0.5) is 5.69 Å². The first kappa shape index (κ1) is 16.6. The van der Waals surface area contributed by atoms with E-state index < -0.39 is 5.66 Å². The smallest absolute Gasteiger partial charge is 0.219 e. The summed E-state index contributed by atoms with van der Waals surface area (Å²) in [7, 11) is 0. The van der Waals surface area contributed by atoms with Crippen LogP contribution in [0.5, 0.6) is 0 Å². The normalized spacial score (nSPS) is 19.4. The molecule has 24 heavy (non-hydrogen) atoms. The molecule has 1 heterocycles. The SMILES string of the molecule is CC(=O)NC1(c2ccccc2Cl)C=[C]C=CN1c1ccc(Cl)cc1. The number of allylic oxidation sites excluding steroid dienone is 2. The third-order valence-corrected chi connectivity index (χ3v) is 4.33. The highest BCUT2D eigenvalue weighted by Crippen LogP contribution is 2.38. The first-order chi connectivity index (χ1) is 11.5. The zero-order valence-corrected chi connectivity index (χ0v) is 14.5. The molecule has 1 aliphatic rings. The molecule has 5 heteroatoms. The molecule has 2 aromatic rings. The average molecular weight is 358 g/mol. The molecule has 3 nitrogen and oxygen atoms in total. The summed E-state index contributed by atoms with van der Waals surface area (Å²) >= 11 is 12.4. The summed E-state index contributed by atoms with van der Waals surface area (Å²) in [6.07, 6.45) is 8.50. The lowest BCUT2D eigenvalue weighted by atomic mass is 9.94. The second-order valence-electron chi connectivity index (χ2n) is 5.40. The van der Waals surface area contributed by atoms with Gasteiger partial charge in [-0.05, 0) is 48.6 Å². The molecule has 0 spiro atoms. The van der Waals surface area contributed by atoms with Crippen LogP contribution in [0.25, 0.3) is 0 Å². The summed E-state index contributed by atoms with van der Waals surface area (Å²) < 4.78 is 0. The summed E-state index contributed by atoms with van der Waals surface area (Å²) in [5.41, 5.74) is 0.656. The molecular weight excluding hydrogens is 343 g/mol. The molecule has 1 radical (unpaired) electrons. The Hall–Kier alpha value is -2.23. The van der Waals surface area contributed by atoms with Gasteiger partial charge in [0, 0.05) is 34.4 Å². The van der Waals surface area contributed by atoms with Gasteiger partial charge in [0.25, 0.3) is 0 Å². The van der Waals surface area contributed by atoms with E-state index in [1.54, 1.807) is 30.4 Å². The van der Waals surface area contributed by atoms with Crippen molar-refractivity contribution in [1.82, 2.24) is 5.32 Å². The van der Waals surface area contributed by atoms with Crippen LogP contribution in [0.2, 0.25) is 10.0 Å². The third-order valence-electron chi connectivity index (χ3n) is 3.75. The summed E-state index contributed by atoms with van der Waals surface area (Å²) in [4.78, 5) is 13.9. The molecule has 0 fully saturated rings. The number of rotatable bonds is 3. The quantitative estimate of drug-likeness (QED) is 0.864. The molecule has 0 saturated carbocycles. The van der Waals surface area contributed by atoms with Crippen molar-refractivity contribution in [1.29, 1.82) is 0 Å². The van der Waals surface area contributed by atoms with Gasteiger partial charge in [-0.2, -0.15) is 0 Å². The molecule has 2 aromatic carbocycles. The van der Waals surface area contributed by atoms with Crippen LogP contribution in [0.15, 0.2) is 66.9 Å². The van der Waals surface area contributed by atoms with Crippen LogP contribution in [-0.2, 0) is 10.5 Å². The van der Waals surface area contributed by atoms with E-state index in [4.69, 9.17) is 23.2 Å². The average Bonchev–Trinajstić information content (AvgIpc) is 2.56. The van der Waals surface area contributed by atoms with E-state index in [2.05, 4.69) is 11.4 Å². The second-order valence-corrected chi connectivity index (χ2v) is 6.24. The van der Waals surface area contributed by atoms with Crippen molar-refractivity contribution >= 4 is 34.8 Å². The van der Waals surface area contributed by atoms with Crippen LogP contribution < -0.4 is 10.2 Å². The summed E-state index contributed by atoms with van der Waals surface area (Å²) in [5.74, 6) is -0.178. The maximum atomic E-state index is 12.0. The molecule has 1 unspecified atom stereocenters. The van der Waals surface area contributed by atoms with E-state index in [-0.39, 0.29) is 5.91 Å². The van der Waals surface area contributed by atoms with Gasteiger partial charge in [-0.3, -0.25) is 4.79 Å². The maximum absolute atomic E-state index is 12.0. The minimum absolute atomic E-state index is 0.178. The predicted molar refractivity (Wildman–Crippen MR) is 97.8 cm³/mol. The Morgan fingerprint density at radius 3 is 2.50 bits per heavy atom. The van der Waals surface area contributed by atoms with Gasteiger partial charge in [-0.1, -0.05) is 41.4 Å². The molecule has 0 saturated heterocycles. The zero-order valence-electron chi connectivity index (χ0n) is 13.0. The minimum Gasteiger partial charge on any atom is -0.326 e. The third kappa shape index (κ3) is 3.05. The van der Waals surface area contributed by atoms with E-state index in [1.165, 1.54) is 6.92 Å². The zero-order chi connectivity index (χ0) is 17.2. The monoisotopic (exact) mass is 357 g/mol. The lowest BCUT2D eigenvalue weighted by molar-refractivity contribution is -0.120. The fraction of sp³-hybridized carbons (Fsp3) is 0.105. The molecule has 1 atom stereocenters. The maximum Gasteiger partial charge on any atom is 0.219 e.